The summed E-state index contributed by atoms with van der Waals surface area (Å²) in [6.45, 7) is -0.292. The molecule has 0 N–H and O–H groups in total. The zero-order valence-electron chi connectivity index (χ0n) is 19.5. The lowest BCUT2D eigenvalue weighted by Gasteiger charge is -2.24. The second-order valence-corrected chi connectivity index (χ2v) is 8.83. The zero-order valence-corrected chi connectivity index (χ0v) is 19.5. The van der Waals surface area contributed by atoms with Crippen LogP contribution in [0.4, 0.5) is 18.9 Å². The Kier molecular flexibility index (Phi) is 7.33. The average Bonchev–Trinajstić information content (AvgIpc) is 3.23. The maximum Gasteiger partial charge on any atom is 0.435 e. The lowest BCUT2D eigenvalue weighted by atomic mass is 9.94. The first kappa shape index (κ1) is 24.6. The molecule has 3 aromatic rings. The molecule has 1 amide bonds. The fourth-order valence-electron chi connectivity index (χ4n) is 4.61. The molecular weight excluding hydrogens is 457 g/mol. The van der Waals surface area contributed by atoms with Crippen molar-refractivity contribution in [3.05, 3.63) is 77.4 Å². The molecule has 1 aromatic carbocycles. The molecule has 1 aliphatic rings. The first-order valence-corrected chi connectivity index (χ1v) is 11.6. The fraction of sp³-hybridized carbons (Fsp3) is 0.385. The van der Waals surface area contributed by atoms with Gasteiger partial charge in [0.1, 0.15) is 0 Å². The number of amides is 1. The van der Waals surface area contributed by atoms with Crippen molar-refractivity contribution in [1.82, 2.24) is 14.8 Å². The van der Waals surface area contributed by atoms with Crippen molar-refractivity contribution < 1.29 is 22.8 Å². The van der Waals surface area contributed by atoms with Gasteiger partial charge >= 0.3 is 6.18 Å². The number of Topliss-reactive ketones (excluding diaryl/α,β-unsaturated/α-hetero) is 1. The van der Waals surface area contributed by atoms with Crippen LogP contribution in [0.5, 0.6) is 0 Å². The third kappa shape index (κ3) is 5.78. The van der Waals surface area contributed by atoms with E-state index < -0.39 is 17.8 Å². The second kappa shape index (κ2) is 10.4. The molecule has 4 rings (SSSR count). The van der Waals surface area contributed by atoms with Gasteiger partial charge in [-0.2, -0.15) is 18.3 Å². The summed E-state index contributed by atoms with van der Waals surface area (Å²) in [7, 11) is 1.65. The number of para-hydroxylation sites is 1. The lowest BCUT2D eigenvalue weighted by Crippen LogP contribution is -2.36. The predicted molar refractivity (Wildman–Crippen MR) is 125 cm³/mol. The molecule has 0 radical (unpaired) electrons. The van der Waals surface area contributed by atoms with Gasteiger partial charge in [0, 0.05) is 48.7 Å². The van der Waals surface area contributed by atoms with Crippen LogP contribution in [0.25, 0.3) is 0 Å². The molecule has 1 aliphatic carbocycles. The molecule has 0 aliphatic heterocycles. The first-order valence-electron chi connectivity index (χ1n) is 11.6. The molecule has 0 spiro atoms. The SMILES string of the molecule is CN(C(=O)[C@@H](CC(=O)Cn1nc(C(F)(F)F)c2c1CCCC2)Cc1ccccn1)c1ccccc1. The number of ketones is 1. The van der Waals surface area contributed by atoms with Gasteiger partial charge in [0.15, 0.2) is 11.5 Å². The highest BCUT2D eigenvalue weighted by Gasteiger charge is 2.39. The fourth-order valence-corrected chi connectivity index (χ4v) is 4.61. The Hall–Kier alpha value is -3.49. The number of hydrogen-bond donors (Lipinski definition) is 0. The van der Waals surface area contributed by atoms with E-state index in [4.69, 9.17) is 0 Å². The van der Waals surface area contributed by atoms with Gasteiger partial charge in [0.05, 0.1) is 12.5 Å². The Morgan fingerprint density at radius 3 is 2.46 bits per heavy atom. The van der Waals surface area contributed by atoms with Crippen molar-refractivity contribution in [2.75, 3.05) is 11.9 Å². The summed E-state index contributed by atoms with van der Waals surface area (Å²) in [5.74, 6) is -1.31. The number of fused-ring (bicyclic) bond motifs is 1. The maximum absolute atomic E-state index is 13.5. The van der Waals surface area contributed by atoms with Crippen LogP contribution in [0.2, 0.25) is 0 Å². The normalized spacial score (nSPS) is 14.3. The number of carbonyl (C=O) groups is 2. The van der Waals surface area contributed by atoms with Gasteiger partial charge in [0.25, 0.3) is 0 Å². The van der Waals surface area contributed by atoms with Crippen molar-refractivity contribution in [2.24, 2.45) is 5.92 Å². The monoisotopic (exact) mass is 484 g/mol. The number of alkyl halides is 3. The first-order chi connectivity index (χ1) is 16.7. The molecule has 0 saturated carbocycles. The van der Waals surface area contributed by atoms with Crippen LogP contribution in [0.15, 0.2) is 54.7 Å². The number of anilines is 1. The minimum Gasteiger partial charge on any atom is -0.315 e. The standard InChI is InChI=1S/C26H27F3N4O2/c1-32(20-10-3-2-4-11-20)25(35)18(15-19-9-7-8-14-30-19)16-21(34)17-33-23-13-6-5-12-22(23)24(31-33)26(27,28)29/h2-4,7-11,14,18H,5-6,12-13,15-17H2,1H3/t18-/m1/s1. The third-order valence-corrected chi connectivity index (χ3v) is 6.33. The number of rotatable bonds is 8. The lowest BCUT2D eigenvalue weighted by molar-refractivity contribution is -0.142. The smallest absolute Gasteiger partial charge is 0.315 e. The van der Waals surface area contributed by atoms with Crippen LogP contribution >= 0.6 is 0 Å². The number of halogens is 3. The highest BCUT2D eigenvalue weighted by Crippen LogP contribution is 2.36. The summed E-state index contributed by atoms with van der Waals surface area (Å²) in [6, 6.07) is 14.4. The van der Waals surface area contributed by atoms with Crippen LogP contribution in [-0.2, 0) is 41.6 Å². The summed E-state index contributed by atoms with van der Waals surface area (Å²) in [4.78, 5) is 32.3. The molecule has 6 nitrogen and oxygen atoms in total. The molecular formula is C26H27F3N4O2. The van der Waals surface area contributed by atoms with E-state index >= 15 is 0 Å². The molecule has 0 bridgehead atoms. The van der Waals surface area contributed by atoms with Gasteiger partial charge in [-0.3, -0.25) is 19.3 Å². The Balaban J connectivity index is 1.56. The van der Waals surface area contributed by atoms with Crippen molar-refractivity contribution in [2.45, 2.75) is 51.2 Å². The number of nitrogens with zero attached hydrogens (tertiary/aromatic N) is 4. The summed E-state index contributed by atoms with van der Waals surface area (Å²) >= 11 is 0. The third-order valence-electron chi connectivity index (χ3n) is 6.33. The Morgan fingerprint density at radius 1 is 1.06 bits per heavy atom. The molecule has 0 fully saturated rings. The van der Waals surface area contributed by atoms with E-state index in [0.717, 1.165) is 6.42 Å². The van der Waals surface area contributed by atoms with Gasteiger partial charge < -0.3 is 4.90 Å². The molecule has 9 heteroatoms. The van der Waals surface area contributed by atoms with Crippen LogP contribution in [0, 0.1) is 5.92 Å². The summed E-state index contributed by atoms with van der Waals surface area (Å²) in [5.41, 5.74) is 1.13. The Labute approximate surface area is 201 Å². The minimum absolute atomic E-state index is 0.122. The summed E-state index contributed by atoms with van der Waals surface area (Å²) in [6.07, 6.45) is -0.634. The van der Waals surface area contributed by atoms with Gasteiger partial charge in [-0.1, -0.05) is 24.3 Å². The van der Waals surface area contributed by atoms with E-state index in [-0.39, 0.29) is 36.6 Å². The molecule has 35 heavy (non-hydrogen) atoms. The highest BCUT2D eigenvalue weighted by atomic mass is 19.4. The number of benzene rings is 1. The highest BCUT2D eigenvalue weighted by molar-refractivity contribution is 5.97. The second-order valence-electron chi connectivity index (χ2n) is 8.83. The van der Waals surface area contributed by atoms with E-state index in [1.54, 1.807) is 43.6 Å². The van der Waals surface area contributed by atoms with Crippen LogP contribution < -0.4 is 4.90 Å². The molecule has 2 heterocycles. The van der Waals surface area contributed by atoms with Crippen molar-refractivity contribution in [3.63, 3.8) is 0 Å². The molecule has 1 atom stereocenters. The van der Waals surface area contributed by atoms with Crippen LogP contribution in [-0.4, -0.2) is 33.5 Å². The van der Waals surface area contributed by atoms with E-state index in [2.05, 4.69) is 10.1 Å². The number of carbonyl (C=O) groups excluding carboxylic acids is 2. The topological polar surface area (TPSA) is 68.1 Å². The molecule has 0 unspecified atom stereocenters. The molecule has 0 saturated heterocycles. The zero-order chi connectivity index (χ0) is 25.0. The van der Waals surface area contributed by atoms with Crippen molar-refractivity contribution in [1.29, 1.82) is 0 Å². The predicted octanol–water partition coefficient (Wildman–Crippen LogP) is 4.66. The quantitative estimate of drug-likeness (QED) is 0.467. The minimum atomic E-state index is -4.56. The maximum atomic E-state index is 13.5. The number of hydrogen-bond acceptors (Lipinski definition) is 4. The number of pyridine rings is 1. The summed E-state index contributed by atoms with van der Waals surface area (Å²) in [5, 5.41) is 3.79. The van der Waals surface area contributed by atoms with Crippen molar-refractivity contribution in [3.8, 4) is 0 Å². The van der Waals surface area contributed by atoms with E-state index in [0.29, 0.717) is 36.3 Å². The van der Waals surface area contributed by atoms with Crippen LogP contribution in [0.1, 0.15) is 41.9 Å². The largest absolute Gasteiger partial charge is 0.435 e. The Bertz CT molecular complexity index is 1180. The van der Waals surface area contributed by atoms with E-state index in [1.165, 1.54) is 9.58 Å². The Morgan fingerprint density at radius 2 is 1.77 bits per heavy atom. The average molecular weight is 485 g/mol. The van der Waals surface area contributed by atoms with Gasteiger partial charge in [-0.25, -0.2) is 0 Å². The molecule has 2 aromatic heterocycles. The summed E-state index contributed by atoms with van der Waals surface area (Å²) < 4.78 is 41.7. The number of aromatic nitrogens is 3. The van der Waals surface area contributed by atoms with Crippen molar-refractivity contribution >= 4 is 17.4 Å². The van der Waals surface area contributed by atoms with Gasteiger partial charge in [0.2, 0.25) is 5.91 Å². The van der Waals surface area contributed by atoms with Gasteiger partial charge in [-0.15, -0.1) is 0 Å². The van der Waals surface area contributed by atoms with Gasteiger partial charge in [-0.05, 0) is 49.9 Å². The van der Waals surface area contributed by atoms with E-state index in [9.17, 15) is 22.8 Å². The van der Waals surface area contributed by atoms with Crippen LogP contribution in [0.3, 0.4) is 0 Å². The molecule has 184 valence electrons. The van der Waals surface area contributed by atoms with E-state index in [1.807, 2.05) is 18.2 Å².